The second-order valence-corrected chi connectivity index (χ2v) is 6.64. The molecule has 122 valence electrons. The molecule has 0 amide bonds. The Morgan fingerprint density at radius 1 is 1.36 bits per heavy atom. The van der Waals surface area contributed by atoms with Crippen molar-refractivity contribution in [3.05, 3.63) is 22.4 Å². The largest absolute Gasteiger partial charge is 0.478 e. The molecule has 2 rings (SSSR count). The molecule has 0 aromatic rings. The standard InChI is InChI=1S/C18H27NO3/c1-5-10(3)15(20)9-19-14-8-12-7-13(12)17(14)16(18(21)22)11(4)6-2/h10,12-13,19H,5-9H2,1-4H3,(H,21,22). The third kappa shape index (κ3) is 3.26. The molecule has 0 aliphatic heterocycles. The van der Waals surface area contributed by atoms with E-state index >= 15 is 0 Å². The van der Waals surface area contributed by atoms with Crippen molar-refractivity contribution in [2.24, 2.45) is 17.8 Å². The zero-order valence-electron chi connectivity index (χ0n) is 14.0. The SMILES string of the molecule is CCC(C)=C(C(=O)O)C1=C(NCC(=O)C(C)CC)CC2CC12. The van der Waals surface area contributed by atoms with Gasteiger partial charge in [-0.2, -0.15) is 0 Å². The molecule has 2 aliphatic rings. The highest BCUT2D eigenvalue weighted by Gasteiger charge is 2.49. The van der Waals surface area contributed by atoms with Gasteiger partial charge in [-0.15, -0.1) is 0 Å². The molecule has 0 aromatic carbocycles. The minimum atomic E-state index is -0.838. The first-order valence-corrected chi connectivity index (χ1v) is 8.33. The van der Waals surface area contributed by atoms with Crippen molar-refractivity contribution in [3.8, 4) is 0 Å². The van der Waals surface area contributed by atoms with Gasteiger partial charge >= 0.3 is 5.97 Å². The highest BCUT2D eigenvalue weighted by atomic mass is 16.4. The maximum absolute atomic E-state index is 12.0. The molecule has 3 atom stereocenters. The lowest BCUT2D eigenvalue weighted by Gasteiger charge is -2.16. The second kappa shape index (κ2) is 6.67. The second-order valence-electron chi connectivity index (χ2n) is 6.64. The molecule has 4 nitrogen and oxygen atoms in total. The Labute approximate surface area is 132 Å². The Hall–Kier alpha value is -1.58. The zero-order chi connectivity index (χ0) is 16.4. The van der Waals surface area contributed by atoms with Crippen LogP contribution in [0, 0.1) is 17.8 Å². The molecule has 22 heavy (non-hydrogen) atoms. The molecule has 2 N–H and O–H groups in total. The summed E-state index contributed by atoms with van der Waals surface area (Å²) in [5.41, 5.74) is 3.35. The van der Waals surface area contributed by atoms with E-state index in [9.17, 15) is 14.7 Å². The van der Waals surface area contributed by atoms with Crippen LogP contribution in [-0.4, -0.2) is 23.4 Å². The number of carboxylic acids is 1. The molecule has 3 unspecified atom stereocenters. The van der Waals surface area contributed by atoms with E-state index in [2.05, 4.69) is 5.32 Å². The Morgan fingerprint density at radius 3 is 2.59 bits per heavy atom. The summed E-state index contributed by atoms with van der Waals surface area (Å²) in [6.45, 7) is 8.14. The molecule has 0 radical (unpaired) electrons. The Morgan fingerprint density at radius 2 is 2.05 bits per heavy atom. The predicted molar refractivity (Wildman–Crippen MR) is 86.3 cm³/mol. The number of hydrogen-bond acceptors (Lipinski definition) is 3. The van der Waals surface area contributed by atoms with Gasteiger partial charge in [0.2, 0.25) is 0 Å². The van der Waals surface area contributed by atoms with Crippen LogP contribution in [0.1, 0.15) is 53.4 Å². The summed E-state index contributed by atoms with van der Waals surface area (Å²) in [5.74, 6) is 0.376. The number of carboxylic acid groups (broad SMARTS) is 1. The Balaban J connectivity index is 2.22. The summed E-state index contributed by atoms with van der Waals surface area (Å²) in [5, 5.41) is 12.9. The molecule has 2 aliphatic carbocycles. The monoisotopic (exact) mass is 305 g/mol. The number of allylic oxidation sites excluding steroid dienone is 2. The summed E-state index contributed by atoms with van der Waals surface area (Å²) in [6.07, 6.45) is 3.56. The number of hydrogen-bond donors (Lipinski definition) is 2. The molecule has 0 heterocycles. The van der Waals surface area contributed by atoms with Crippen molar-refractivity contribution < 1.29 is 14.7 Å². The third-order valence-electron chi connectivity index (χ3n) is 5.16. The van der Waals surface area contributed by atoms with Crippen LogP contribution in [0.25, 0.3) is 0 Å². The molecule has 0 saturated heterocycles. The molecule has 0 spiro atoms. The van der Waals surface area contributed by atoms with Gasteiger partial charge in [0.15, 0.2) is 5.78 Å². The summed E-state index contributed by atoms with van der Waals surface area (Å²) in [6, 6.07) is 0. The van der Waals surface area contributed by atoms with Crippen molar-refractivity contribution in [1.29, 1.82) is 0 Å². The van der Waals surface area contributed by atoms with Crippen LogP contribution in [-0.2, 0) is 9.59 Å². The quantitative estimate of drug-likeness (QED) is 0.675. The fourth-order valence-electron chi connectivity index (χ4n) is 3.23. The first-order valence-electron chi connectivity index (χ1n) is 8.33. The Bertz CT molecular complexity index is 545. The van der Waals surface area contributed by atoms with Crippen molar-refractivity contribution in [1.82, 2.24) is 5.32 Å². The predicted octanol–water partition coefficient (Wildman–Crippen LogP) is 3.30. The topological polar surface area (TPSA) is 66.4 Å². The number of carbonyl (C=O) groups is 2. The smallest absolute Gasteiger partial charge is 0.335 e. The first kappa shape index (κ1) is 16.8. The van der Waals surface area contributed by atoms with Crippen LogP contribution in [0.4, 0.5) is 0 Å². The van der Waals surface area contributed by atoms with Gasteiger partial charge in [-0.3, -0.25) is 4.79 Å². The van der Waals surface area contributed by atoms with Gasteiger partial charge in [0.1, 0.15) is 0 Å². The molecule has 1 fully saturated rings. The van der Waals surface area contributed by atoms with Gasteiger partial charge in [-0.1, -0.05) is 26.3 Å². The normalized spacial score (nSPS) is 25.5. The van der Waals surface area contributed by atoms with Gasteiger partial charge in [-0.05, 0) is 50.0 Å². The summed E-state index contributed by atoms with van der Waals surface area (Å²) < 4.78 is 0. The van der Waals surface area contributed by atoms with E-state index in [1.165, 1.54) is 0 Å². The minimum absolute atomic E-state index is 0.0550. The lowest BCUT2D eigenvalue weighted by atomic mass is 9.95. The third-order valence-corrected chi connectivity index (χ3v) is 5.16. The van der Waals surface area contributed by atoms with Crippen LogP contribution in [0.5, 0.6) is 0 Å². The Kier molecular flexibility index (Phi) is 5.09. The lowest BCUT2D eigenvalue weighted by molar-refractivity contribution is -0.132. The van der Waals surface area contributed by atoms with E-state index in [-0.39, 0.29) is 11.7 Å². The fourth-order valence-corrected chi connectivity index (χ4v) is 3.23. The average Bonchev–Trinajstić information content (AvgIpc) is 3.18. The number of fused-ring (bicyclic) bond motifs is 1. The maximum Gasteiger partial charge on any atom is 0.335 e. The summed E-state index contributed by atoms with van der Waals surface area (Å²) in [7, 11) is 0. The molecular formula is C18H27NO3. The van der Waals surface area contributed by atoms with E-state index in [0.29, 0.717) is 24.0 Å². The molecule has 4 heteroatoms. The number of rotatable bonds is 8. The maximum atomic E-state index is 12.0. The van der Waals surface area contributed by atoms with Gasteiger partial charge in [0.25, 0.3) is 0 Å². The summed E-state index contributed by atoms with van der Waals surface area (Å²) in [4.78, 5) is 23.7. The van der Waals surface area contributed by atoms with Crippen LogP contribution in [0.15, 0.2) is 22.4 Å². The molecule has 0 aromatic heterocycles. The average molecular weight is 305 g/mol. The molecular weight excluding hydrogens is 278 g/mol. The van der Waals surface area contributed by atoms with Crippen molar-refractivity contribution in [3.63, 3.8) is 0 Å². The highest BCUT2D eigenvalue weighted by molar-refractivity contribution is 5.93. The van der Waals surface area contributed by atoms with Crippen LogP contribution in [0.3, 0.4) is 0 Å². The van der Waals surface area contributed by atoms with Crippen molar-refractivity contribution >= 4 is 11.8 Å². The zero-order valence-corrected chi connectivity index (χ0v) is 14.0. The van der Waals surface area contributed by atoms with Crippen molar-refractivity contribution in [2.75, 3.05) is 6.54 Å². The van der Waals surface area contributed by atoms with E-state index in [1.54, 1.807) is 0 Å². The van der Waals surface area contributed by atoms with E-state index in [4.69, 9.17) is 0 Å². The van der Waals surface area contributed by atoms with Crippen LogP contribution < -0.4 is 5.32 Å². The van der Waals surface area contributed by atoms with Gasteiger partial charge in [0.05, 0.1) is 12.1 Å². The van der Waals surface area contributed by atoms with E-state index in [0.717, 1.165) is 42.5 Å². The number of Topliss-reactive ketones (excluding diaryl/α,β-unsaturated/α-hetero) is 1. The minimum Gasteiger partial charge on any atom is -0.478 e. The number of aliphatic carboxylic acids is 1. The fraction of sp³-hybridized carbons (Fsp3) is 0.667. The number of carbonyl (C=O) groups excluding carboxylic acids is 1. The summed E-state index contributed by atoms with van der Waals surface area (Å²) >= 11 is 0. The van der Waals surface area contributed by atoms with Gasteiger partial charge < -0.3 is 10.4 Å². The highest BCUT2D eigenvalue weighted by Crippen LogP contribution is 2.56. The van der Waals surface area contributed by atoms with Crippen LogP contribution >= 0.6 is 0 Å². The first-order chi connectivity index (χ1) is 10.4. The molecule has 1 saturated carbocycles. The number of ketones is 1. The van der Waals surface area contributed by atoms with Gasteiger partial charge in [0, 0.05) is 11.6 Å². The van der Waals surface area contributed by atoms with Gasteiger partial charge in [-0.25, -0.2) is 4.79 Å². The van der Waals surface area contributed by atoms with Crippen molar-refractivity contribution in [2.45, 2.75) is 53.4 Å². The van der Waals surface area contributed by atoms with E-state index in [1.807, 2.05) is 27.7 Å². The lowest BCUT2D eigenvalue weighted by Crippen LogP contribution is -2.27. The molecule has 0 bridgehead atoms. The van der Waals surface area contributed by atoms with E-state index < -0.39 is 5.97 Å². The van der Waals surface area contributed by atoms with Crippen LogP contribution in [0.2, 0.25) is 0 Å². The number of nitrogens with one attached hydrogen (secondary N) is 1.